The quantitative estimate of drug-likeness (QED) is 0.632. The summed E-state index contributed by atoms with van der Waals surface area (Å²) in [5, 5.41) is 10.9. The van der Waals surface area contributed by atoms with Crippen LogP contribution in [0.25, 0.3) is 21.9 Å². The van der Waals surface area contributed by atoms with Crippen LogP contribution in [0.5, 0.6) is 0 Å². The second-order valence-electron chi connectivity index (χ2n) is 5.96. The minimum atomic E-state index is -0.560. The van der Waals surface area contributed by atoms with Gasteiger partial charge in [-0.1, -0.05) is 18.2 Å². The topological polar surface area (TPSA) is 87.8 Å². The van der Waals surface area contributed by atoms with Crippen LogP contribution >= 0.6 is 0 Å². The van der Waals surface area contributed by atoms with E-state index >= 15 is 0 Å². The van der Waals surface area contributed by atoms with Crippen molar-refractivity contribution in [3.05, 3.63) is 30.1 Å². The van der Waals surface area contributed by atoms with Crippen molar-refractivity contribution in [2.45, 2.75) is 31.3 Å². The molecule has 0 radical (unpaired) electrons. The Morgan fingerprint density at radius 3 is 2.80 bits per heavy atom. The van der Waals surface area contributed by atoms with Gasteiger partial charge in [-0.15, -0.1) is 0 Å². The molecule has 5 heteroatoms. The Kier molecular flexibility index (Phi) is 2.16. The number of aromatic nitrogens is 3. The van der Waals surface area contributed by atoms with Crippen LogP contribution < -0.4 is 5.73 Å². The number of nitrogens with one attached hydrogen (secondary N) is 1. The fraction of sp³-hybridized carbons (Fsp3) is 0.333. The first-order valence-corrected chi connectivity index (χ1v) is 6.80. The standard InChI is InChI=1S/C15H16N4O/c1-15(20)6-8(7-15)14-18-11-9-4-2-3-5-10(9)17-13(16)12(11)19-14/h2-5,8,20H,6-7H2,1H3,(H2,16,17)(H,18,19)/t8-,15+. The number of aliphatic hydroxyl groups is 1. The second-order valence-corrected chi connectivity index (χ2v) is 5.96. The van der Waals surface area contributed by atoms with Crippen LogP contribution in [0, 0.1) is 0 Å². The van der Waals surface area contributed by atoms with Gasteiger partial charge in [0.15, 0.2) is 5.82 Å². The number of nitrogen functional groups attached to an aromatic ring is 1. The normalized spacial score (nSPS) is 26.0. The lowest BCUT2D eigenvalue weighted by Crippen LogP contribution is -2.39. The number of imidazole rings is 1. The summed E-state index contributed by atoms with van der Waals surface area (Å²) < 4.78 is 0. The third-order valence-corrected chi connectivity index (χ3v) is 4.14. The van der Waals surface area contributed by atoms with Crippen molar-refractivity contribution >= 4 is 27.8 Å². The minimum Gasteiger partial charge on any atom is -0.390 e. The van der Waals surface area contributed by atoms with Crippen LogP contribution in [-0.2, 0) is 0 Å². The molecule has 1 aliphatic rings. The average Bonchev–Trinajstić information content (AvgIpc) is 2.81. The van der Waals surface area contributed by atoms with E-state index < -0.39 is 5.60 Å². The van der Waals surface area contributed by atoms with Gasteiger partial charge in [0.25, 0.3) is 0 Å². The largest absolute Gasteiger partial charge is 0.390 e. The molecule has 0 aliphatic heterocycles. The van der Waals surface area contributed by atoms with Crippen molar-refractivity contribution in [2.75, 3.05) is 5.73 Å². The minimum absolute atomic E-state index is 0.274. The van der Waals surface area contributed by atoms with Gasteiger partial charge in [0.2, 0.25) is 0 Å². The smallest absolute Gasteiger partial charge is 0.152 e. The molecule has 0 bridgehead atoms. The highest BCUT2D eigenvalue weighted by molar-refractivity contribution is 6.06. The molecular formula is C15H16N4O. The van der Waals surface area contributed by atoms with E-state index in [9.17, 15) is 5.11 Å². The third-order valence-electron chi connectivity index (χ3n) is 4.14. The number of nitrogens with zero attached hydrogens (tertiary/aromatic N) is 2. The zero-order valence-electron chi connectivity index (χ0n) is 11.2. The molecule has 1 saturated carbocycles. The maximum absolute atomic E-state index is 9.87. The maximum Gasteiger partial charge on any atom is 0.152 e. The van der Waals surface area contributed by atoms with E-state index in [0.29, 0.717) is 5.82 Å². The van der Waals surface area contributed by atoms with Crippen molar-refractivity contribution in [1.82, 2.24) is 15.0 Å². The van der Waals surface area contributed by atoms with Crippen LogP contribution in [0.1, 0.15) is 31.5 Å². The van der Waals surface area contributed by atoms with Crippen molar-refractivity contribution in [1.29, 1.82) is 0 Å². The number of aromatic amines is 1. The molecule has 3 aromatic rings. The van der Waals surface area contributed by atoms with Gasteiger partial charge in [-0.2, -0.15) is 0 Å². The van der Waals surface area contributed by atoms with Crippen LogP contribution in [0.3, 0.4) is 0 Å². The second kappa shape index (κ2) is 3.70. The zero-order chi connectivity index (χ0) is 13.9. The number of anilines is 1. The van der Waals surface area contributed by atoms with Crippen LogP contribution in [0.2, 0.25) is 0 Å². The predicted molar refractivity (Wildman–Crippen MR) is 78.4 cm³/mol. The summed E-state index contributed by atoms with van der Waals surface area (Å²) in [4.78, 5) is 12.4. The number of nitrogens with two attached hydrogens (primary N) is 1. The SMILES string of the molecule is C[C@]1(O)C[C@@H](c2nc3c(N)nc4ccccc4c3[nH]2)C1. The van der Waals surface area contributed by atoms with E-state index in [2.05, 4.69) is 15.0 Å². The molecule has 0 spiro atoms. The summed E-state index contributed by atoms with van der Waals surface area (Å²) in [5.41, 5.74) is 7.98. The van der Waals surface area contributed by atoms with E-state index in [1.54, 1.807) is 0 Å². The van der Waals surface area contributed by atoms with Crippen LogP contribution in [-0.4, -0.2) is 25.7 Å². The Bertz CT molecular complexity index is 813. The van der Waals surface area contributed by atoms with Gasteiger partial charge < -0.3 is 15.8 Å². The van der Waals surface area contributed by atoms with E-state index in [-0.39, 0.29) is 5.92 Å². The van der Waals surface area contributed by atoms with Gasteiger partial charge in [0.05, 0.1) is 16.6 Å². The molecule has 2 heterocycles. The van der Waals surface area contributed by atoms with Crippen LogP contribution in [0.4, 0.5) is 5.82 Å². The summed E-state index contributed by atoms with van der Waals surface area (Å²) >= 11 is 0. The summed E-state index contributed by atoms with van der Waals surface area (Å²) in [6.07, 6.45) is 1.47. The zero-order valence-corrected chi connectivity index (χ0v) is 11.2. The van der Waals surface area contributed by atoms with E-state index in [4.69, 9.17) is 5.73 Å². The molecule has 0 saturated heterocycles. The van der Waals surface area contributed by atoms with Crippen molar-refractivity contribution in [3.8, 4) is 0 Å². The Hall–Kier alpha value is -2.14. The lowest BCUT2D eigenvalue weighted by Gasteiger charge is -2.39. The molecule has 1 aliphatic carbocycles. The molecule has 5 nitrogen and oxygen atoms in total. The molecule has 2 aromatic heterocycles. The number of benzene rings is 1. The molecule has 4 N–H and O–H groups in total. The van der Waals surface area contributed by atoms with Gasteiger partial charge in [-0.05, 0) is 25.8 Å². The molecular weight excluding hydrogens is 252 g/mol. The Morgan fingerprint density at radius 2 is 2.05 bits per heavy atom. The van der Waals surface area contributed by atoms with Gasteiger partial charge in [0, 0.05) is 11.3 Å². The van der Waals surface area contributed by atoms with Gasteiger partial charge in [-0.3, -0.25) is 0 Å². The number of hydrogen-bond donors (Lipinski definition) is 3. The molecule has 1 fully saturated rings. The molecule has 0 amide bonds. The first-order valence-electron chi connectivity index (χ1n) is 6.80. The molecule has 4 rings (SSSR count). The molecule has 1 aromatic carbocycles. The molecule has 102 valence electrons. The highest BCUT2D eigenvalue weighted by Gasteiger charge is 2.40. The number of pyridine rings is 1. The van der Waals surface area contributed by atoms with Crippen molar-refractivity contribution in [3.63, 3.8) is 0 Å². The first-order chi connectivity index (χ1) is 9.53. The Labute approximate surface area is 115 Å². The highest BCUT2D eigenvalue weighted by Crippen LogP contribution is 2.44. The fourth-order valence-electron chi connectivity index (χ4n) is 3.13. The molecule has 0 atom stereocenters. The van der Waals surface area contributed by atoms with Crippen LogP contribution in [0.15, 0.2) is 24.3 Å². The van der Waals surface area contributed by atoms with Crippen molar-refractivity contribution in [2.24, 2.45) is 0 Å². The van der Waals surface area contributed by atoms with E-state index in [1.165, 1.54) is 0 Å². The summed E-state index contributed by atoms with van der Waals surface area (Å²) in [7, 11) is 0. The van der Waals surface area contributed by atoms with E-state index in [0.717, 1.165) is 40.6 Å². The monoisotopic (exact) mass is 268 g/mol. The Morgan fingerprint density at radius 1 is 1.30 bits per heavy atom. The third kappa shape index (κ3) is 1.59. The number of H-pyrrole nitrogens is 1. The number of para-hydroxylation sites is 1. The van der Waals surface area contributed by atoms with Crippen molar-refractivity contribution < 1.29 is 5.11 Å². The summed E-state index contributed by atoms with van der Waals surface area (Å²) in [5.74, 6) is 1.62. The number of fused-ring (bicyclic) bond motifs is 3. The Balaban J connectivity index is 1.90. The maximum atomic E-state index is 9.87. The number of rotatable bonds is 1. The summed E-state index contributed by atoms with van der Waals surface area (Å²) in [6.45, 7) is 1.86. The van der Waals surface area contributed by atoms with Gasteiger partial charge >= 0.3 is 0 Å². The van der Waals surface area contributed by atoms with Gasteiger partial charge in [-0.25, -0.2) is 9.97 Å². The lowest BCUT2D eigenvalue weighted by atomic mass is 9.72. The summed E-state index contributed by atoms with van der Waals surface area (Å²) in [6, 6.07) is 7.89. The van der Waals surface area contributed by atoms with Gasteiger partial charge in [0.1, 0.15) is 11.3 Å². The number of hydrogen-bond acceptors (Lipinski definition) is 4. The molecule has 0 unspecified atom stereocenters. The fourth-order valence-corrected chi connectivity index (χ4v) is 3.13. The lowest BCUT2D eigenvalue weighted by molar-refractivity contribution is -0.0331. The highest BCUT2D eigenvalue weighted by atomic mass is 16.3. The van der Waals surface area contributed by atoms with E-state index in [1.807, 2.05) is 31.2 Å². The first kappa shape index (κ1) is 11.7. The predicted octanol–water partition coefficient (Wildman–Crippen LogP) is 2.32. The molecule has 20 heavy (non-hydrogen) atoms. The average molecular weight is 268 g/mol.